The van der Waals surface area contributed by atoms with Crippen molar-refractivity contribution in [3.63, 3.8) is 0 Å². The third-order valence-corrected chi connectivity index (χ3v) is 3.79. The van der Waals surface area contributed by atoms with Crippen molar-refractivity contribution in [2.75, 3.05) is 0 Å². The highest BCUT2D eigenvalue weighted by Crippen LogP contribution is 2.26. The molecule has 0 aliphatic heterocycles. The predicted octanol–water partition coefficient (Wildman–Crippen LogP) is 4.41. The Hall–Kier alpha value is -1.06. The van der Waals surface area contributed by atoms with Crippen molar-refractivity contribution in [1.29, 1.82) is 0 Å². The molecule has 2 rings (SSSR count). The van der Waals surface area contributed by atoms with Crippen molar-refractivity contribution in [3.05, 3.63) is 58.0 Å². The highest BCUT2D eigenvalue weighted by atomic mass is 79.9. The minimum absolute atomic E-state index is 0.0389. The smallest absolute Gasteiger partial charge is 0.173 e. The third kappa shape index (κ3) is 3.03. The van der Waals surface area contributed by atoms with Crippen LogP contribution in [0.15, 0.2) is 45.7 Å². The fraction of sp³-hybridized carbons (Fsp3) is 0.333. The van der Waals surface area contributed by atoms with E-state index >= 15 is 0 Å². The molecule has 2 N–H and O–H groups in total. The lowest BCUT2D eigenvalue weighted by Crippen LogP contribution is -2.13. The van der Waals surface area contributed by atoms with Crippen molar-refractivity contribution >= 4 is 15.9 Å². The maximum Gasteiger partial charge on any atom is 0.173 e. The minimum Gasteiger partial charge on any atom is -0.457 e. The highest BCUT2D eigenvalue weighted by Gasteiger charge is 2.13. The first kappa shape index (κ1) is 13.4. The largest absolute Gasteiger partial charge is 0.457 e. The summed E-state index contributed by atoms with van der Waals surface area (Å²) in [5.41, 5.74) is 9.80. The van der Waals surface area contributed by atoms with Gasteiger partial charge in [-0.05, 0) is 45.5 Å². The van der Waals surface area contributed by atoms with Crippen LogP contribution in [0.5, 0.6) is 0 Å². The number of nitrogens with two attached hydrogens (primary N) is 1. The van der Waals surface area contributed by atoms with Gasteiger partial charge in [0.1, 0.15) is 0 Å². The van der Waals surface area contributed by atoms with Crippen LogP contribution in [0.1, 0.15) is 42.5 Å². The standard InChI is InChI=1S/C15H18BrNO/c1-10(2)12-5-3-11(4-6-12)9-14(17)13-7-8-18-15(13)16/h3-8,10,14H,9,17H2,1-2H3. The van der Waals surface area contributed by atoms with E-state index in [1.54, 1.807) is 6.26 Å². The molecule has 0 aliphatic carbocycles. The van der Waals surface area contributed by atoms with E-state index in [9.17, 15) is 0 Å². The minimum atomic E-state index is -0.0389. The Morgan fingerprint density at radius 3 is 2.33 bits per heavy atom. The maximum atomic E-state index is 6.18. The van der Waals surface area contributed by atoms with Crippen LogP contribution >= 0.6 is 15.9 Å². The van der Waals surface area contributed by atoms with E-state index in [-0.39, 0.29) is 6.04 Å². The molecule has 0 saturated heterocycles. The Balaban J connectivity index is 2.08. The monoisotopic (exact) mass is 307 g/mol. The number of halogens is 1. The van der Waals surface area contributed by atoms with Gasteiger partial charge in [-0.3, -0.25) is 0 Å². The molecule has 2 aromatic rings. The SMILES string of the molecule is CC(C)c1ccc(CC(N)c2ccoc2Br)cc1. The number of hydrogen-bond donors (Lipinski definition) is 1. The predicted molar refractivity (Wildman–Crippen MR) is 77.6 cm³/mol. The average Bonchev–Trinajstić information content (AvgIpc) is 2.76. The zero-order valence-corrected chi connectivity index (χ0v) is 12.3. The Kier molecular flexibility index (Phi) is 4.25. The zero-order valence-electron chi connectivity index (χ0n) is 10.7. The second kappa shape index (κ2) is 5.72. The Morgan fingerprint density at radius 2 is 1.83 bits per heavy atom. The third-order valence-electron chi connectivity index (χ3n) is 3.15. The van der Waals surface area contributed by atoms with Crippen LogP contribution in [0, 0.1) is 0 Å². The van der Waals surface area contributed by atoms with Gasteiger partial charge in [0.15, 0.2) is 4.67 Å². The summed E-state index contributed by atoms with van der Waals surface area (Å²) in [7, 11) is 0. The van der Waals surface area contributed by atoms with Gasteiger partial charge in [-0.2, -0.15) is 0 Å². The topological polar surface area (TPSA) is 39.2 Å². The van der Waals surface area contributed by atoms with Crippen molar-refractivity contribution in [2.24, 2.45) is 5.73 Å². The summed E-state index contributed by atoms with van der Waals surface area (Å²) >= 11 is 3.36. The molecule has 1 aromatic heterocycles. The number of benzene rings is 1. The summed E-state index contributed by atoms with van der Waals surface area (Å²) < 4.78 is 5.94. The van der Waals surface area contributed by atoms with Gasteiger partial charge >= 0.3 is 0 Å². The zero-order chi connectivity index (χ0) is 13.1. The van der Waals surface area contributed by atoms with Crippen LogP contribution in [-0.2, 0) is 6.42 Å². The molecule has 1 heterocycles. The van der Waals surface area contributed by atoms with Crippen molar-refractivity contribution in [1.82, 2.24) is 0 Å². The molecule has 0 fully saturated rings. The molecule has 1 aromatic carbocycles. The molecular weight excluding hydrogens is 290 g/mol. The summed E-state index contributed by atoms with van der Waals surface area (Å²) in [6, 6.07) is 10.5. The highest BCUT2D eigenvalue weighted by molar-refractivity contribution is 9.10. The summed E-state index contributed by atoms with van der Waals surface area (Å²) in [6.07, 6.45) is 2.47. The van der Waals surface area contributed by atoms with E-state index in [2.05, 4.69) is 54.0 Å². The molecule has 0 radical (unpaired) electrons. The second-order valence-electron chi connectivity index (χ2n) is 4.86. The number of hydrogen-bond acceptors (Lipinski definition) is 2. The van der Waals surface area contributed by atoms with E-state index in [1.807, 2.05) is 6.07 Å². The van der Waals surface area contributed by atoms with E-state index in [0.29, 0.717) is 5.92 Å². The Labute approximate surface area is 116 Å². The van der Waals surface area contributed by atoms with E-state index < -0.39 is 0 Å². The first-order valence-electron chi connectivity index (χ1n) is 6.15. The second-order valence-corrected chi connectivity index (χ2v) is 5.58. The van der Waals surface area contributed by atoms with E-state index in [1.165, 1.54) is 11.1 Å². The van der Waals surface area contributed by atoms with Crippen LogP contribution in [-0.4, -0.2) is 0 Å². The number of furan rings is 1. The summed E-state index contributed by atoms with van der Waals surface area (Å²) in [5.74, 6) is 0.566. The van der Waals surface area contributed by atoms with Gasteiger partial charge in [-0.15, -0.1) is 0 Å². The molecule has 0 saturated carbocycles. The van der Waals surface area contributed by atoms with E-state index in [0.717, 1.165) is 16.7 Å². The van der Waals surface area contributed by atoms with Gasteiger partial charge in [-0.1, -0.05) is 38.1 Å². The summed E-state index contributed by atoms with van der Waals surface area (Å²) in [4.78, 5) is 0. The molecule has 0 aliphatic rings. The van der Waals surface area contributed by atoms with Crippen molar-refractivity contribution in [2.45, 2.75) is 32.2 Å². The quantitative estimate of drug-likeness (QED) is 0.909. The van der Waals surface area contributed by atoms with Crippen molar-refractivity contribution < 1.29 is 4.42 Å². The lowest BCUT2D eigenvalue weighted by Gasteiger charge is -2.11. The molecule has 0 bridgehead atoms. The molecule has 1 unspecified atom stereocenters. The Bertz CT molecular complexity index is 501. The van der Waals surface area contributed by atoms with Crippen LogP contribution < -0.4 is 5.73 Å². The number of rotatable bonds is 4. The van der Waals surface area contributed by atoms with Gasteiger partial charge in [0.05, 0.1) is 6.26 Å². The van der Waals surface area contributed by atoms with Gasteiger partial charge in [-0.25, -0.2) is 0 Å². The van der Waals surface area contributed by atoms with Crippen LogP contribution in [0.25, 0.3) is 0 Å². The van der Waals surface area contributed by atoms with Gasteiger partial charge in [0.2, 0.25) is 0 Å². The molecule has 0 amide bonds. The van der Waals surface area contributed by atoms with Gasteiger partial charge < -0.3 is 10.2 Å². The van der Waals surface area contributed by atoms with Gasteiger partial charge in [0, 0.05) is 11.6 Å². The summed E-state index contributed by atoms with van der Waals surface area (Å²) in [5, 5.41) is 0. The van der Waals surface area contributed by atoms with Crippen LogP contribution in [0.4, 0.5) is 0 Å². The first-order chi connectivity index (χ1) is 8.58. The molecule has 2 nitrogen and oxygen atoms in total. The van der Waals surface area contributed by atoms with Crippen molar-refractivity contribution in [3.8, 4) is 0 Å². The molecular formula is C15H18BrNO. The molecule has 96 valence electrons. The Morgan fingerprint density at radius 1 is 1.17 bits per heavy atom. The average molecular weight is 308 g/mol. The fourth-order valence-corrected chi connectivity index (χ4v) is 2.51. The van der Waals surface area contributed by atoms with Crippen LogP contribution in [0.2, 0.25) is 0 Å². The lowest BCUT2D eigenvalue weighted by molar-refractivity contribution is 0.531. The molecule has 18 heavy (non-hydrogen) atoms. The molecule has 1 atom stereocenters. The van der Waals surface area contributed by atoms with E-state index in [4.69, 9.17) is 10.2 Å². The molecule has 3 heteroatoms. The fourth-order valence-electron chi connectivity index (χ4n) is 1.97. The molecule has 0 spiro atoms. The summed E-state index contributed by atoms with van der Waals surface area (Å²) in [6.45, 7) is 4.40. The maximum absolute atomic E-state index is 6.18. The van der Waals surface area contributed by atoms with Crippen LogP contribution in [0.3, 0.4) is 0 Å². The first-order valence-corrected chi connectivity index (χ1v) is 6.94. The lowest BCUT2D eigenvalue weighted by atomic mass is 9.98. The van der Waals surface area contributed by atoms with Gasteiger partial charge in [0.25, 0.3) is 0 Å². The normalized spacial score (nSPS) is 12.9.